The molecule has 0 radical (unpaired) electrons. The maximum atomic E-state index is 12.4. The van der Waals surface area contributed by atoms with Crippen LogP contribution in [0.1, 0.15) is 5.69 Å². The molecule has 0 saturated carbocycles. The number of carbonyl (C=O) groups excluding carboxylic acids is 2. The van der Waals surface area contributed by atoms with E-state index in [1.165, 1.54) is 12.5 Å². The molecule has 1 saturated heterocycles. The lowest BCUT2D eigenvalue weighted by Crippen LogP contribution is -2.71. The van der Waals surface area contributed by atoms with E-state index in [-0.39, 0.29) is 20.8 Å². The number of amides is 2. The second kappa shape index (κ2) is 8.07. The topological polar surface area (TPSA) is 202 Å². The molecule has 1 aromatic rings. The van der Waals surface area contributed by atoms with Crippen LogP contribution in [0.3, 0.4) is 0 Å². The molecule has 1 aliphatic heterocycles. The first-order valence-corrected chi connectivity index (χ1v) is 10.2. The molecule has 27 heavy (non-hydrogen) atoms. The number of thioether (sulfide) groups is 1. The SMILES string of the molecule is CO/N=C(\C(=O)NC1C(=O)N(S(=O)(=O)O)C1SCC(=O)O)c1csc(N)n1. The number of nitrogens with one attached hydrogen (secondary N) is 1. The van der Waals surface area contributed by atoms with E-state index in [4.69, 9.17) is 15.4 Å². The minimum Gasteiger partial charge on any atom is -0.481 e. The second-order valence-corrected chi connectivity index (χ2v) is 8.14. The Kier molecular flexibility index (Phi) is 6.24. The van der Waals surface area contributed by atoms with Gasteiger partial charge < -0.3 is 21.0 Å². The van der Waals surface area contributed by atoms with Gasteiger partial charge in [0, 0.05) is 5.38 Å². The first-order chi connectivity index (χ1) is 12.6. The molecule has 2 rings (SSSR count). The average Bonchev–Trinajstić information content (AvgIpc) is 2.98. The van der Waals surface area contributed by atoms with E-state index >= 15 is 0 Å². The fraction of sp³-hybridized carbons (Fsp3) is 0.364. The van der Waals surface area contributed by atoms with Gasteiger partial charge >= 0.3 is 16.3 Å². The fourth-order valence-corrected chi connectivity index (χ4v) is 4.75. The lowest BCUT2D eigenvalue weighted by atomic mass is 10.1. The smallest absolute Gasteiger partial charge is 0.363 e. The number of nitrogens with two attached hydrogens (primary N) is 1. The molecule has 148 valence electrons. The van der Waals surface area contributed by atoms with Crippen LogP contribution in [0.5, 0.6) is 0 Å². The van der Waals surface area contributed by atoms with Crippen LogP contribution in [0.15, 0.2) is 10.5 Å². The number of thiazole rings is 1. The zero-order valence-corrected chi connectivity index (χ0v) is 15.9. The molecule has 2 unspecified atom stereocenters. The summed E-state index contributed by atoms with van der Waals surface area (Å²) in [5, 5.41) is 14.7. The molecule has 1 aromatic heterocycles. The summed E-state index contributed by atoms with van der Waals surface area (Å²) in [5.74, 6) is -3.92. The number of aliphatic carboxylic acids is 1. The van der Waals surface area contributed by atoms with E-state index in [0.717, 1.165) is 11.3 Å². The van der Waals surface area contributed by atoms with E-state index in [9.17, 15) is 22.8 Å². The van der Waals surface area contributed by atoms with Crippen LogP contribution in [0.4, 0.5) is 5.13 Å². The number of hydrogen-bond donors (Lipinski definition) is 4. The molecule has 0 aromatic carbocycles. The highest BCUT2D eigenvalue weighted by Crippen LogP contribution is 2.32. The van der Waals surface area contributed by atoms with Crippen molar-refractivity contribution in [1.82, 2.24) is 14.6 Å². The van der Waals surface area contributed by atoms with Gasteiger partial charge in [-0.15, -0.1) is 23.1 Å². The zero-order chi connectivity index (χ0) is 20.4. The van der Waals surface area contributed by atoms with Crippen molar-refractivity contribution in [2.75, 3.05) is 18.6 Å². The van der Waals surface area contributed by atoms with Crippen molar-refractivity contribution in [3.63, 3.8) is 0 Å². The minimum atomic E-state index is -4.92. The molecular formula is C11H13N5O8S3. The molecule has 1 fully saturated rings. The first-order valence-electron chi connectivity index (χ1n) is 6.83. The Balaban J connectivity index is 2.22. The third-order valence-electron chi connectivity index (χ3n) is 3.07. The summed E-state index contributed by atoms with van der Waals surface area (Å²) in [6.45, 7) is 0. The number of carbonyl (C=O) groups is 3. The van der Waals surface area contributed by atoms with Crippen molar-refractivity contribution in [3.05, 3.63) is 11.1 Å². The Morgan fingerprint density at radius 3 is 2.70 bits per heavy atom. The van der Waals surface area contributed by atoms with Crippen molar-refractivity contribution in [1.29, 1.82) is 0 Å². The normalized spacial score (nSPS) is 20.1. The van der Waals surface area contributed by atoms with E-state index in [1.807, 2.05) is 0 Å². The number of carboxylic acids is 1. The molecule has 2 atom stereocenters. The van der Waals surface area contributed by atoms with Crippen LogP contribution in [0.2, 0.25) is 0 Å². The van der Waals surface area contributed by atoms with Crippen LogP contribution >= 0.6 is 23.1 Å². The van der Waals surface area contributed by atoms with Gasteiger partial charge in [0.05, 0.1) is 5.75 Å². The highest BCUT2D eigenvalue weighted by atomic mass is 32.2. The molecular weight excluding hydrogens is 426 g/mol. The molecule has 0 bridgehead atoms. The van der Waals surface area contributed by atoms with Gasteiger partial charge in [-0.3, -0.25) is 18.9 Å². The van der Waals surface area contributed by atoms with E-state index in [1.54, 1.807) is 0 Å². The quantitative estimate of drug-likeness (QED) is 0.156. The molecule has 0 spiro atoms. The van der Waals surface area contributed by atoms with Crippen molar-refractivity contribution in [2.24, 2.45) is 5.16 Å². The number of β-lactam (4-membered cyclic amide) rings is 1. The van der Waals surface area contributed by atoms with Gasteiger partial charge in [0.25, 0.3) is 11.8 Å². The predicted molar refractivity (Wildman–Crippen MR) is 94.3 cm³/mol. The summed E-state index contributed by atoms with van der Waals surface area (Å²) >= 11 is 1.56. The Bertz CT molecular complexity index is 898. The van der Waals surface area contributed by atoms with Gasteiger partial charge in [-0.05, 0) is 0 Å². The summed E-state index contributed by atoms with van der Waals surface area (Å²) in [7, 11) is -3.75. The van der Waals surface area contributed by atoms with Gasteiger partial charge in [0.1, 0.15) is 24.2 Å². The van der Waals surface area contributed by atoms with Crippen LogP contribution in [0, 0.1) is 0 Å². The Morgan fingerprint density at radius 1 is 1.56 bits per heavy atom. The summed E-state index contributed by atoms with van der Waals surface area (Å²) in [5.41, 5.74) is 5.23. The molecule has 1 aliphatic rings. The van der Waals surface area contributed by atoms with Gasteiger partial charge in [-0.1, -0.05) is 5.16 Å². The third-order valence-corrected chi connectivity index (χ3v) is 6.02. The van der Waals surface area contributed by atoms with Crippen molar-refractivity contribution in [3.8, 4) is 0 Å². The molecule has 0 aliphatic carbocycles. The van der Waals surface area contributed by atoms with E-state index < -0.39 is 45.3 Å². The number of nitrogen functional groups attached to an aromatic ring is 1. The maximum absolute atomic E-state index is 12.4. The van der Waals surface area contributed by atoms with E-state index in [2.05, 4.69) is 20.3 Å². The number of carboxylic acid groups (broad SMARTS) is 1. The highest BCUT2D eigenvalue weighted by Gasteiger charge is 2.54. The Hall–Kier alpha value is -2.43. The van der Waals surface area contributed by atoms with Gasteiger partial charge in [0.15, 0.2) is 10.8 Å². The van der Waals surface area contributed by atoms with Gasteiger partial charge in [-0.25, -0.2) is 4.98 Å². The molecule has 2 heterocycles. The predicted octanol–water partition coefficient (Wildman–Crippen LogP) is -1.65. The number of oxime groups is 1. The number of rotatable bonds is 8. The molecule has 13 nitrogen and oxygen atoms in total. The Morgan fingerprint density at radius 2 is 2.22 bits per heavy atom. The third kappa shape index (κ3) is 4.65. The second-order valence-electron chi connectivity index (χ2n) is 4.85. The van der Waals surface area contributed by atoms with Crippen LogP contribution in [0.25, 0.3) is 0 Å². The molecule has 16 heteroatoms. The molecule has 5 N–H and O–H groups in total. The monoisotopic (exact) mass is 439 g/mol. The fourth-order valence-electron chi connectivity index (χ4n) is 2.04. The summed E-state index contributed by atoms with van der Waals surface area (Å²) < 4.78 is 31.8. The number of hydrogen-bond acceptors (Lipinski definition) is 11. The van der Waals surface area contributed by atoms with Crippen LogP contribution in [-0.4, -0.2) is 75.1 Å². The first kappa shape index (κ1) is 20.9. The largest absolute Gasteiger partial charge is 0.481 e. The maximum Gasteiger partial charge on any atom is 0.363 e. The van der Waals surface area contributed by atoms with E-state index in [0.29, 0.717) is 11.8 Å². The summed E-state index contributed by atoms with van der Waals surface area (Å²) in [4.78, 5) is 43.6. The summed E-state index contributed by atoms with van der Waals surface area (Å²) in [6, 6.07) is -1.41. The average molecular weight is 439 g/mol. The lowest BCUT2D eigenvalue weighted by molar-refractivity contribution is -0.141. The lowest BCUT2D eigenvalue weighted by Gasteiger charge is -2.43. The standard InChI is InChI=1S/C11H13N5O8S3/c1-24-15-6(4-2-26-11(12)13-4)8(19)14-7-9(20)16(27(21,22)23)10(7)25-3-5(17)18/h2,7,10H,3H2,1H3,(H2,12,13)(H,14,19)(H,17,18)(H,21,22,23)/b15-6-. The Labute approximate surface area is 160 Å². The van der Waals surface area contributed by atoms with Crippen LogP contribution in [-0.2, 0) is 29.5 Å². The van der Waals surface area contributed by atoms with Crippen molar-refractivity contribution in [2.45, 2.75) is 11.4 Å². The minimum absolute atomic E-state index is 0.0602. The van der Waals surface area contributed by atoms with Gasteiger partial charge in [-0.2, -0.15) is 12.7 Å². The summed E-state index contributed by atoms with van der Waals surface area (Å²) in [6.07, 6.45) is 0. The highest BCUT2D eigenvalue weighted by molar-refractivity contribution is 8.01. The van der Waals surface area contributed by atoms with Crippen LogP contribution < -0.4 is 11.1 Å². The van der Waals surface area contributed by atoms with Crippen molar-refractivity contribution >= 4 is 62.0 Å². The zero-order valence-electron chi connectivity index (χ0n) is 13.4. The number of nitrogens with zero attached hydrogens (tertiary/aromatic N) is 3. The number of anilines is 1. The molecule has 2 amide bonds. The van der Waals surface area contributed by atoms with Gasteiger partial charge in [0.2, 0.25) is 0 Å². The van der Waals surface area contributed by atoms with Crippen molar-refractivity contribution < 1.29 is 37.3 Å². The number of aromatic nitrogens is 1.